The zero-order valence-corrected chi connectivity index (χ0v) is 19.0. The molecule has 0 bridgehead atoms. The van der Waals surface area contributed by atoms with Gasteiger partial charge in [-0.15, -0.1) is 0 Å². The highest BCUT2D eigenvalue weighted by Gasteiger charge is 2.29. The van der Waals surface area contributed by atoms with Crippen LogP contribution in [0.4, 0.5) is 0 Å². The van der Waals surface area contributed by atoms with Crippen molar-refractivity contribution in [2.24, 2.45) is 0 Å². The number of ether oxygens (including phenoxy) is 3. The van der Waals surface area contributed by atoms with Crippen LogP contribution in [0.5, 0.6) is 5.75 Å². The molecule has 1 aliphatic carbocycles. The van der Waals surface area contributed by atoms with Crippen LogP contribution >= 0.6 is 0 Å². The van der Waals surface area contributed by atoms with Crippen LogP contribution in [0.25, 0.3) is 10.9 Å². The molecular weight excluding hydrogens is 396 g/mol. The number of rotatable bonds is 9. The van der Waals surface area contributed by atoms with Gasteiger partial charge in [-0.3, -0.25) is 9.78 Å². The topological polar surface area (TPSA) is 86.8 Å². The molecule has 1 aromatic carbocycles. The van der Waals surface area contributed by atoms with E-state index in [2.05, 4.69) is 5.32 Å². The SMILES string of the molecule is CCOC(=O)C(CCOC(C)(C)C)NC(=O)c1cc(C2CC2)nc2ccc(OC)cc12. The molecule has 1 N–H and O–H groups in total. The molecule has 1 saturated carbocycles. The molecule has 1 amide bonds. The standard InChI is InChI=1S/C24H32N2O5/c1-6-30-23(28)20(11-12-31-24(2,3)4)26-22(27)18-14-21(15-7-8-15)25-19-10-9-16(29-5)13-17(18)19/h9-10,13-15,20H,6-8,11-12H2,1-5H3,(H,26,27). The fourth-order valence-corrected chi connectivity index (χ4v) is 3.34. The summed E-state index contributed by atoms with van der Waals surface area (Å²) in [5.41, 5.74) is 1.79. The first-order valence-electron chi connectivity index (χ1n) is 10.8. The third-order valence-corrected chi connectivity index (χ3v) is 5.09. The second-order valence-corrected chi connectivity index (χ2v) is 8.78. The number of esters is 1. The summed E-state index contributed by atoms with van der Waals surface area (Å²) >= 11 is 0. The minimum atomic E-state index is -0.798. The molecule has 31 heavy (non-hydrogen) atoms. The molecule has 3 rings (SSSR count). The lowest BCUT2D eigenvalue weighted by atomic mass is 10.0. The molecular formula is C24H32N2O5. The monoisotopic (exact) mass is 428 g/mol. The quantitative estimate of drug-likeness (QED) is 0.608. The third kappa shape index (κ3) is 6.17. The second kappa shape index (κ2) is 9.64. The van der Waals surface area contributed by atoms with E-state index in [0.717, 1.165) is 24.1 Å². The normalized spacial score (nSPS) is 14.9. The lowest BCUT2D eigenvalue weighted by Gasteiger charge is -2.22. The highest BCUT2D eigenvalue weighted by molar-refractivity contribution is 6.07. The number of hydrogen-bond donors (Lipinski definition) is 1. The maximum Gasteiger partial charge on any atom is 0.328 e. The van der Waals surface area contributed by atoms with E-state index in [9.17, 15) is 9.59 Å². The number of pyridine rings is 1. The summed E-state index contributed by atoms with van der Waals surface area (Å²) in [6, 6.07) is 6.53. The van der Waals surface area contributed by atoms with Gasteiger partial charge in [0, 0.05) is 30.0 Å². The summed E-state index contributed by atoms with van der Waals surface area (Å²) in [5.74, 6) is 0.227. The highest BCUT2D eigenvalue weighted by Crippen LogP contribution is 2.40. The number of nitrogens with zero attached hydrogens (tertiary/aromatic N) is 1. The van der Waals surface area contributed by atoms with Gasteiger partial charge in [0.05, 0.1) is 30.4 Å². The van der Waals surface area contributed by atoms with Crippen LogP contribution in [0, 0.1) is 0 Å². The molecule has 1 unspecified atom stereocenters. The molecule has 0 saturated heterocycles. The fourth-order valence-electron chi connectivity index (χ4n) is 3.34. The van der Waals surface area contributed by atoms with Crippen molar-refractivity contribution in [2.45, 2.75) is 64.5 Å². The molecule has 1 aliphatic rings. The smallest absolute Gasteiger partial charge is 0.328 e. The van der Waals surface area contributed by atoms with Gasteiger partial charge in [-0.25, -0.2) is 4.79 Å². The number of carbonyl (C=O) groups excluding carboxylic acids is 2. The molecule has 7 heteroatoms. The van der Waals surface area contributed by atoms with E-state index in [1.54, 1.807) is 20.1 Å². The van der Waals surface area contributed by atoms with Crippen LogP contribution in [-0.4, -0.2) is 48.8 Å². The molecule has 0 radical (unpaired) electrons. The van der Waals surface area contributed by atoms with E-state index >= 15 is 0 Å². The summed E-state index contributed by atoms with van der Waals surface area (Å²) in [5, 5.41) is 3.55. The summed E-state index contributed by atoms with van der Waals surface area (Å²) in [6.45, 7) is 8.15. The number of benzene rings is 1. The first-order valence-corrected chi connectivity index (χ1v) is 10.8. The van der Waals surface area contributed by atoms with Crippen molar-refractivity contribution < 1.29 is 23.8 Å². The summed E-state index contributed by atoms with van der Waals surface area (Å²) in [7, 11) is 1.58. The Morgan fingerprint density at radius 3 is 2.58 bits per heavy atom. The van der Waals surface area contributed by atoms with E-state index in [4.69, 9.17) is 19.2 Å². The first kappa shape index (κ1) is 23.0. The molecule has 0 aliphatic heterocycles. The maximum atomic E-state index is 13.3. The Kier molecular flexibility index (Phi) is 7.15. The van der Waals surface area contributed by atoms with E-state index < -0.39 is 12.0 Å². The van der Waals surface area contributed by atoms with E-state index in [1.165, 1.54) is 0 Å². The van der Waals surface area contributed by atoms with Crippen LogP contribution < -0.4 is 10.1 Å². The zero-order valence-electron chi connectivity index (χ0n) is 19.0. The van der Waals surface area contributed by atoms with Crippen LogP contribution in [0.1, 0.15) is 68.9 Å². The van der Waals surface area contributed by atoms with E-state index in [-0.39, 0.29) is 18.1 Å². The predicted octanol–water partition coefficient (Wildman–Crippen LogP) is 3.99. The Labute approximate surface area is 183 Å². The Bertz CT molecular complexity index is 947. The van der Waals surface area contributed by atoms with Crippen molar-refractivity contribution in [1.82, 2.24) is 10.3 Å². The van der Waals surface area contributed by atoms with Gasteiger partial charge in [-0.2, -0.15) is 0 Å². The van der Waals surface area contributed by atoms with Crippen LogP contribution in [0.15, 0.2) is 24.3 Å². The number of methoxy groups -OCH3 is 1. The first-order chi connectivity index (χ1) is 14.7. The Morgan fingerprint density at radius 1 is 1.23 bits per heavy atom. The molecule has 7 nitrogen and oxygen atoms in total. The third-order valence-electron chi connectivity index (χ3n) is 5.09. The average molecular weight is 429 g/mol. The summed E-state index contributed by atoms with van der Waals surface area (Å²) in [6.07, 6.45) is 2.47. The van der Waals surface area contributed by atoms with Gasteiger partial charge in [0.15, 0.2) is 0 Å². The number of amides is 1. The van der Waals surface area contributed by atoms with Crippen molar-refractivity contribution in [3.05, 3.63) is 35.5 Å². The Hall–Kier alpha value is -2.67. The van der Waals surface area contributed by atoms with Crippen molar-refractivity contribution in [3.8, 4) is 5.75 Å². The van der Waals surface area contributed by atoms with Crippen molar-refractivity contribution in [1.29, 1.82) is 0 Å². The zero-order chi connectivity index (χ0) is 22.6. The fraction of sp³-hybridized carbons (Fsp3) is 0.542. The lowest BCUT2D eigenvalue weighted by Crippen LogP contribution is -2.43. The van der Waals surface area contributed by atoms with Gasteiger partial charge in [0.2, 0.25) is 0 Å². The predicted molar refractivity (Wildman–Crippen MR) is 118 cm³/mol. The van der Waals surface area contributed by atoms with Gasteiger partial charge in [-0.1, -0.05) is 0 Å². The number of nitrogens with one attached hydrogen (secondary N) is 1. The molecule has 1 atom stereocenters. The van der Waals surface area contributed by atoms with Gasteiger partial charge in [0.25, 0.3) is 5.91 Å². The molecule has 0 spiro atoms. The molecule has 168 valence electrons. The number of hydrogen-bond acceptors (Lipinski definition) is 6. The van der Waals surface area contributed by atoms with E-state index in [0.29, 0.717) is 35.6 Å². The Balaban J connectivity index is 1.88. The average Bonchev–Trinajstić information content (AvgIpc) is 3.56. The van der Waals surface area contributed by atoms with Gasteiger partial charge >= 0.3 is 5.97 Å². The Morgan fingerprint density at radius 2 is 1.97 bits per heavy atom. The molecule has 1 heterocycles. The maximum absolute atomic E-state index is 13.3. The van der Waals surface area contributed by atoms with E-state index in [1.807, 2.05) is 39.0 Å². The highest BCUT2D eigenvalue weighted by atomic mass is 16.5. The second-order valence-electron chi connectivity index (χ2n) is 8.78. The largest absolute Gasteiger partial charge is 0.497 e. The number of fused-ring (bicyclic) bond motifs is 1. The summed E-state index contributed by atoms with van der Waals surface area (Å²) in [4.78, 5) is 30.5. The molecule has 2 aromatic rings. The molecule has 1 aromatic heterocycles. The van der Waals surface area contributed by atoms with Gasteiger partial charge < -0.3 is 19.5 Å². The van der Waals surface area contributed by atoms with Crippen molar-refractivity contribution in [3.63, 3.8) is 0 Å². The van der Waals surface area contributed by atoms with Crippen LogP contribution in [0.3, 0.4) is 0 Å². The van der Waals surface area contributed by atoms with Crippen molar-refractivity contribution in [2.75, 3.05) is 20.3 Å². The molecule has 1 fully saturated rings. The lowest BCUT2D eigenvalue weighted by molar-refractivity contribution is -0.146. The number of carbonyl (C=O) groups is 2. The van der Waals surface area contributed by atoms with Crippen LogP contribution in [0.2, 0.25) is 0 Å². The van der Waals surface area contributed by atoms with Crippen LogP contribution in [-0.2, 0) is 14.3 Å². The van der Waals surface area contributed by atoms with Crippen molar-refractivity contribution >= 4 is 22.8 Å². The number of aromatic nitrogens is 1. The van der Waals surface area contributed by atoms with Gasteiger partial charge in [0.1, 0.15) is 11.8 Å². The summed E-state index contributed by atoms with van der Waals surface area (Å²) < 4.78 is 16.3. The minimum Gasteiger partial charge on any atom is -0.497 e. The minimum absolute atomic E-state index is 0.243. The van der Waals surface area contributed by atoms with Gasteiger partial charge in [-0.05, 0) is 64.8 Å².